The van der Waals surface area contributed by atoms with Crippen LogP contribution in [0, 0.1) is 13.8 Å². The van der Waals surface area contributed by atoms with Crippen LogP contribution in [0.4, 0.5) is 0 Å². The maximum atomic E-state index is 13.2. The number of sulfonamides is 1. The van der Waals surface area contributed by atoms with Gasteiger partial charge in [0.2, 0.25) is 10.0 Å². The first-order valence-electron chi connectivity index (χ1n) is 8.62. The minimum absolute atomic E-state index is 0.168. The monoisotopic (exact) mass is 373 g/mol. The molecule has 1 aliphatic heterocycles. The van der Waals surface area contributed by atoms with E-state index >= 15 is 0 Å². The Hall–Kier alpha value is -2.18. The average molecular weight is 373 g/mol. The second-order valence-electron chi connectivity index (χ2n) is 6.64. The van der Waals surface area contributed by atoms with Gasteiger partial charge in [-0.15, -0.1) is 0 Å². The molecule has 1 aliphatic rings. The molecule has 0 N–H and O–H groups in total. The molecule has 2 aromatic carbocycles. The predicted molar refractivity (Wildman–Crippen MR) is 100 cm³/mol. The lowest BCUT2D eigenvalue weighted by Crippen LogP contribution is -2.40. The third-order valence-corrected chi connectivity index (χ3v) is 6.87. The molecule has 1 atom stereocenters. The van der Waals surface area contributed by atoms with Gasteiger partial charge in [-0.3, -0.25) is 4.79 Å². The zero-order valence-corrected chi connectivity index (χ0v) is 16.0. The lowest BCUT2D eigenvalue weighted by Gasteiger charge is -2.24. The van der Waals surface area contributed by atoms with Crippen molar-refractivity contribution in [1.82, 2.24) is 4.31 Å². The van der Waals surface area contributed by atoms with Crippen LogP contribution in [-0.2, 0) is 10.0 Å². The van der Waals surface area contributed by atoms with Crippen LogP contribution >= 0.6 is 0 Å². The van der Waals surface area contributed by atoms with Crippen LogP contribution in [0.15, 0.2) is 47.4 Å². The topological polar surface area (TPSA) is 63.7 Å². The smallest absolute Gasteiger partial charge is 0.244 e. The van der Waals surface area contributed by atoms with E-state index in [0.717, 1.165) is 5.56 Å². The number of benzene rings is 2. The van der Waals surface area contributed by atoms with Crippen molar-refractivity contribution in [2.24, 2.45) is 0 Å². The Balaban J connectivity index is 1.92. The SMILES string of the molecule is COc1ccc(C(=O)C2CCCN2S(=O)(=O)c2ccc(C)cc2C)cc1. The third kappa shape index (κ3) is 3.39. The molecular formula is C20H23NO4S. The highest BCUT2D eigenvalue weighted by atomic mass is 32.2. The number of hydrogen-bond donors (Lipinski definition) is 0. The van der Waals surface area contributed by atoms with E-state index in [1.165, 1.54) is 4.31 Å². The van der Waals surface area contributed by atoms with Crippen molar-refractivity contribution in [3.8, 4) is 5.75 Å². The Morgan fingerprint density at radius 3 is 2.42 bits per heavy atom. The van der Waals surface area contributed by atoms with E-state index in [1.54, 1.807) is 50.4 Å². The summed E-state index contributed by atoms with van der Waals surface area (Å²) in [6.45, 7) is 4.08. The first-order chi connectivity index (χ1) is 12.3. The van der Waals surface area contributed by atoms with Gasteiger partial charge in [0, 0.05) is 12.1 Å². The fraction of sp³-hybridized carbons (Fsp3) is 0.350. The molecule has 1 saturated heterocycles. The van der Waals surface area contributed by atoms with Crippen molar-refractivity contribution in [2.45, 2.75) is 37.6 Å². The van der Waals surface area contributed by atoms with Crippen LogP contribution in [0.1, 0.15) is 34.3 Å². The summed E-state index contributed by atoms with van der Waals surface area (Å²) in [5.74, 6) is 0.492. The van der Waals surface area contributed by atoms with Gasteiger partial charge in [-0.2, -0.15) is 4.31 Å². The summed E-state index contributed by atoms with van der Waals surface area (Å²) in [7, 11) is -2.15. The third-order valence-electron chi connectivity index (χ3n) is 4.80. The Labute approximate surface area is 154 Å². The summed E-state index contributed by atoms with van der Waals surface area (Å²) in [6.07, 6.45) is 1.21. The fourth-order valence-corrected chi connectivity index (χ4v) is 5.32. The first-order valence-corrected chi connectivity index (χ1v) is 10.1. The van der Waals surface area contributed by atoms with Crippen LogP contribution < -0.4 is 4.74 Å². The number of Topliss-reactive ketones (excluding diaryl/α,β-unsaturated/α-hetero) is 1. The van der Waals surface area contributed by atoms with Gasteiger partial charge in [0.05, 0.1) is 18.0 Å². The molecule has 26 heavy (non-hydrogen) atoms. The summed E-state index contributed by atoms with van der Waals surface area (Å²) in [5.41, 5.74) is 2.21. The van der Waals surface area contributed by atoms with Gasteiger partial charge in [-0.05, 0) is 62.6 Å². The van der Waals surface area contributed by atoms with Gasteiger partial charge >= 0.3 is 0 Å². The Bertz CT molecular complexity index is 919. The number of hydrogen-bond acceptors (Lipinski definition) is 4. The Morgan fingerprint density at radius 2 is 1.81 bits per heavy atom. The van der Waals surface area contributed by atoms with E-state index in [-0.39, 0.29) is 10.7 Å². The van der Waals surface area contributed by atoms with Gasteiger partial charge in [-0.25, -0.2) is 8.42 Å². The lowest BCUT2D eigenvalue weighted by molar-refractivity contribution is 0.0918. The molecule has 3 rings (SSSR count). The van der Waals surface area contributed by atoms with Crippen molar-refractivity contribution >= 4 is 15.8 Å². The van der Waals surface area contributed by atoms with E-state index in [1.807, 2.05) is 13.0 Å². The van der Waals surface area contributed by atoms with Crippen molar-refractivity contribution in [3.05, 3.63) is 59.2 Å². The number of ether oxygens (including phenoxy) is 1. The second-order valence-corrected chi connectivity index (χ2v) is 8.49. The van der Waals surface area contributed by atoms with Crippen LogP contribution in [0.2, 0.25) is 0 Å². The number of methoxy groups -OCH3 is 1. The number of ketones is 1. The normalized spacial score (nSPS) is 18.0. The van der Waals surface area contributed by atoms with Gasteiger partial charge in [0.1, 0.15) is 5.75 Å². The summed E-state index contributed by atoms with van der Waals surface area (Å²) in [6, 6.07) is 11.4. The molecule has 1 heterocycles. The predicted octanol–water partition coefficient (Wildman–Crippen LogP) is 3.35. The molecule has 1 fully saturated rings. The highest BCUT2D eigenvalue weighted by Gasteiger charge is 2.40. The van der Waals surface area contributed by atoms with E-state index < -0.39 is 16.1 Å². The van der Waals surface area contributed by atoms with Crippen LogP contribution in [0.3, 0.4) is 0 Å². The zero-order chi connectivity index (χ0) is 18.9. The molecule has 5 nitrogen and oxygen atoms in total. The summed E-state index contributed by atoms with van der Waals surface area (Å²) in [5, 5.41) is 0. The molecule has 0 amide bonds. The summed E-state index contributed by atoms with van der Waals surface area (Å²) >= 11 is 0. The molecule has 1 unspecified atom stereocenters. The van der Waals surface area contributed by atoms with Gasteiger partial charge in [0.25, 0.3) is 0 Å². The minimum Gasteiger partial charge on any atom is -0.497 e. The van der Waals surface area contributed by atoms with Crippen LogP contribution in [0.25, 0.3) is 0 Å². The molecule has 0 aliphatic carbocycles. The van der Waals surface area contributed by atoms with Crippen LogP contribution in [-0.4, -0.2) is 38.2 Å². The number of rotatable bonds is 5. The number of carbonyl (C=O) groups excluding carboxylic acids is 1. The van der Waals surface area contributed by atoms with Gasteiger partial charge in [-0.1, -0.05) is 17.7 Å². The zero-order valence-electron chi connectivity index (χ0n) is 15.2. The molecular weight excluding hydrogens is 350 g/mol. The van der Waals surface area contributed by atoms with E-state index in [2.05, 4.69) is 0 Å². The minimum atomic E-state index is -3.71. The number of nitrogens with zero attached hydrogens (tertiary/aromatic N) is 1. The van der Waals surface area contributed by atoms with E-state index in [9.17, 15) is 13.2 Å². The molecule has 0 saturated carbocycles. The number of carbonyl (C=O) groups is 1. The van der Waals surface area contributed by atoms with Crippen LogP contribution in [0.5, 0.6) is 5.75 Å². The maximum absolute atomic E-state index is 13.2. The van der Waals surface area contributed by atoms with Gasteiger partial charge in [0.15, 0.2) is 5.78 Å². The Morgan fingerprint density at radius 1 is 1.12 bits per heavy atom. The van der Waals surface area contributed by atoms with Gasteiger partial charge < -0.3 is 4.74 Å². The average Bonchev–Trinajstić information content (AvgIpc) is 3.11. The number of aryl methyl sites for hydroxylation is 2. The van der Waals surface area contributed by atoms with E-state index in [4.69, 9.17) is 4.74 Å². The lowest BCUT2D eigenvalue weighted by atomic mass is 10.0. The van der Waals surface area contributed by atoms with Crippen molar-refractivity contribution in [2.75, 3.05) is 13.7 Å². The standard InChI is InChI=1S/C20H23NO4S/c1-14-6-11-19(15(2)13-14)26(23,24)21-12-4-5-18(21)20(22)16-7-9-17(25-3)10-8-16/h6-11,13,18H,4-5,12H2,1-3H3. The van der Waals surface area contributed by atoms with Crippen molar-refractivity contribution in [1.29, 1.82) is 0 Å². The quantitative estimate of drug-likeness (QED) is 0.754. The molecule has 0 bridgehead atoms. The fourth-order valence-electron chi connectivity index (χ4n) is 3.45. The molecule has 138 valence electrons. The second kappa shape index (κ2) is 7.21. The highest BCUT2D eigenvalue weighted by Crippen LogP contribution is 2.30. The Kier molecular flexibility index (Phi) is 5.16. The van der Waals surface area contributed by atoms with Crippen molar-refractivity contribution < 1.29 is 17.9 Å². The molecule has 0 radical (unpaired) electrons. The molecule has 2 aromatic rings. The first kappa shape index (κ1) is 18.6. The van der Waals surface area contributed by atoms with Crippen molar-refractivity contribution in [3.63, 3.8) is 0 Å². The molecule has 0 aromatic heterocycles. The van der Waals surface area contributed by atoms with E-state index in [0.29, 0.717) is 36.3 Å². The maximum Gasteiger partial charge on any atom is 0.244 e. The highest BCUT2D eigenvalue weighted by molar-refractivity contribution is 7.89. The summed E-state index contributed by atoms with van der Waals surface area (Å²) < 4.78 is 32.8. The molecule has 6 heteroatoms. The summed E-state index contributed by atoms with van der Waals surface area (Å²) in [4.78, 5) is 13.2. The largest absolute Gasteiger partial charge is 0.497 e. The molecule has 0 spiro atoms.